The summed E-state index contributed by atoms with van der Waals surface area (Å²) in [7, 11) is 0. The summed E-state index contributed by atoms with van der Waals surface area (Å²) in [6, 6.07) is 4.35. The zero-order valence-electron chi connectivity index (χ0n) is 20.7. The quantitative estimate of drug-likeness (QED) is 0.543. The highest BCUT2D eigenvalue weighted by Crippen LogP contribution is 2.51. The maximum absolute atomic E-state index is 11.9. The molecule has 1 aliphatic heterocycles. The number of likely N-dealkylation sites (tertiary alicyclic amines) is 1. The molecule has 2 unspecified atom stereocenters. The SMILES string of the molecule is CC(=O)O[C@@H]1C[C@@]2(O)[C@H](C)CC[C@@H]([C@H](C)CN3CC4Cc5cccnc5C(C4)C3)[C@H]2C=C1C. The molecule has 0 spiro atoms. The number of pyridine rings is 1. The molecule has 33 heavy (non-hydrogen) atoms. The van der Waals surface area contributed by atoms with E-state index in [0.717, 1.165) is 43.8 Å². The minimum atomic E-state index is -0.794. The first kappa shape index (κ1) is 23.0. The van der Waals surface area contributed by atoms with Gasteiger partial charge in [-0.05, 0) is 73.5 Å². The number of nitrogens with zero attached hydrogens (tertiary/aromatic N) is 2. The standard InChI is InChI=1S/C28H40N2O3/c1-17-10-25-24(8-7-19(3)28(25,32)13-26(17)33-20(4)31)18(2)14-30-15-21-11-22-6-5-9-29-27(22)23(12-21)16-30/h5-6,9-10,18-19,21,23-26,32H,7-8,11-16H2,1-4H3/t18-,19-,21?,23?,24+,25-,26-,28-/m1/s1. The summed E-state index contributed by atoms with van der Waals surface area (Å²) in [5.74, 6) is 2.33. The van der Waals surface area contributed by atoms with E-state index in [1.54, 1.807) is 0 Å². The molecule has 0 amide bonds. The van der Waals surface area contributed by atoms with Crippen LogP contribution in [0.3, 0.4) is 0 Å². The third-order valence-corrected chi connectivity index (χ3v) is 9.31. The Bertz CT molecular complexity index is 929. The number of fused-ring (bicyclic) bond motifs is 5. The lowest BCUT2D eigenvalue weighted by Gasteiger charge is -2.53. The van der Waals surface area contributed by atoms with Crippen LogP contribution in [0.25, 0.3) is 0 Å². The van der Waals surface area contributed by atoms with E-state index in [9.17, 15) is 9.90 Å². The van der Waals surface area contributed by atoms with Crippen LogP contribution in [0.15, 0.2) is 30.0 Å². The zero-order valence-corrected chi connectivity index (χ0v) is 20.7. The average Bonchev–Trinajstić information content (AvgIpc) is 2.75. The summed E-state index contributed by atoms with van der Waals surface area (Å²) in [6.07, 6.45) is 9.05. The predicted octanol–water partition coefficient (Wildman–Crippen LogP) is 4.35. The first-order valence-corrected chi connectivity index (χ1v) is 13.0. The van der Waals surface area contributed by atoms with Gasteiger partial charge >= 0.3 is 5.97 Å². The molecule has 180 valence electrons. The molecule has 5 rings (SSSR count). The number of carbonyl (C=O) groups is 1. The Kier molecular flexibility index (Phi) is 6.15. The number of rotatable bonds is 4. The van der Waals surface area contributed by atoms with E-state index in [2.05, 4.69) is 43.9 Å². The molecule has 2 fully saturated rings. The Morgan fingerprint density at radius 1 is 1.36 bits per heavy atom. The fourth-order valence-corrected chi connectivity index (χ4v) is 7.64. The summed E-state index contributed by atoms with van der Waals surface area (Å²) in [5, 5.41) is 11.9. The van der Waals surface area contributed by atoms with Gasteiger partial charge in [0, 0.05) is 56.7 Å². The second-order valence-corrected chi connectivity index (χ2v) is 11.6. The number of esters is 1. The first-order valence-electron chi connectivity index (χ1n) is 13.0. The van der Waals surface area contributed by atoms with Crippen molar-refractivity contribution >= 4 is 5.97 Å². The summed E-state index contributed by atoms with van der Waals surface area (Å²) in [5.41, 5.74) is 3.09. The topological polar surface area (TPSA) is 62.7 Å². The van der Waals surface area contributed by atoms with Crippen LogP contribution in [0.2, 0.25) is 0 Å². The molecule has 8 atom stereocenters. The highest BCUT2D eigenvalue weighted by Gasteiger charge is 2.53. The Morgan fingerprint density at radius 2 is 2.18 bits per heavy atom. The van der Waals surface area contributed by atoms with Crippen LogP contribution in [-0.2, 0) is 16.0 Å². The predicted molar refractivity (Wildman–Crippen MR) is 129 cm³/mol. The fourth-order valence-electron chi connectivity index (χ4n) is 7.64. The van der Waals surface area contributed by atoms with Gasteiger partial charge in [0.05, 0.1) is 5.60 Å². The van der Waals surface area contributed by atoms with Crippen molar-refractivity contribution in [3.63, 3.8) is 0 Å². The molecule has 1 saturated heterocycles. The molecule has 1 saturated carbocycles. The first-order chi connectivity index (χ1) is 15.7. The van der Waals surface area contributed by atoms with Crippen LogP contribution in [0.4, 0.5) is 0 Å². The van der Waals surface area contributed by atoms with Crippen molar-refractivity contribution < 1.29 is 14.6 Å². The lowest BCUT2D eigenvalue weighted by molar-refractivity contribution is -0.159. The van der Waals surface area contributed by atoms with Gasteiger partial charge in [-0.3, -0.25) is 9.78 Å². The van der Waals surface area contributed by atoms with Gasteiger partial charge in [0.1, 0.15) is 6.10 Å². The summed E-state index contributed by atoms with van der Waals surface area (Å²) < 4.78 is 5.57. The number of aliphatic hydroxyl groups is 1. The number of piperidine rings is 1. The molecule has 2 bridgehead atoms. The van der Waals surface area contributed by atoms with Crippen molar-refractivity contribution in [3.8, 4) is 0 Å². The zero-order chi connectivity index (χ0) is 23.3. The number of hydrogen-bond donors (Lipinski definition) is 1. The second-order valence-electron chi connectivity index (χ2n) is 11.6. The molecular weight excluding hydrogens is 412 g/mol. The maximum Gasteiger partial charge on any atom is 0.303 e. The summed E-state index contributed by atoms with van der Waals surface area (Å²) >= 11 is 0. The molecule has 1 aromatic heterocycles. The Balaban J connectivity index is 1.31. The largest absolute Gasteiger partial charge is 0.458 e. The lowest BCUT2D eigenvalue weighted by atomic mass is 9.57. The van der Waals surface area contributed by atoms with Crippen LogP contribution in [0, 0.1) is 29.6 Å². The highest BCUT2D eigenvalue weighted by molar-refractivity contribution is 5.66. The van der Waals surface area contributed by atoms with E-state index in [1.807, 2.05) is 6.20 Å². The maximum atomic E-state index is 11.9. The third-order valence-electron chi connectivity index (χ3n) is 9.31. The summed E-state index contributed by atoms with van der Waals surface area (Å²) in [4.78, 5) is 19.0. The number of hydrogen-bond acceptors (Lipinski definition) is 5. The van der Waals surface area contributed by atoms with Gasteiger partial charge in [-0.1, -0.05) is 26.0 Å². The van der Waals surface area contributed by atoms with Crippen LogP contribution >= 0.6 is 0 Å². The normalized spacial score (nSPS) is 39.1. The Hall–Kier alpha value is -1.72. The van der Waals surface area contributed by atoms with Crippen LogP contribution < -0.4 is 0 Å². The van der Waals surface area contributed by atoms with Gasteiger partial charge in [0.25, 0.3) is 0 Å². The van der Waals surface area contributed by atoms with Crippen molar-refractivity contribution in [1.29, 1.82) is 0 Å². The van der Waals surface area contributed by atoms with Gasteiger partial charge in [-0.25, -0.2) is 0 Å². The third kappa shape index (κ3) is 4.27. The van der Waals surface area contributed by atoms with Crippen molar-refractivity contribution in [2.75, 3.05) is 19.6 Å². The van der Waals surface area contributed by atoms with E-state index in [0.29, 0.717) is 24.2 Å². The average molecular weight is 453 g/mol. The fraction of sp³-hybridized carbons (Fsp3) is 0.714. The van der Waals surface area contributed by atoms with Crippen molar-refractivity contribution in [3.05, 3.63) is 41.2 Å². The lowest BCUT2D eigenvalue weighted by Crippen LogP contribution is -2.56. The van der Waals surface area contributed by atoms with Gasteiger partial charge in [0.2, 0.25) is 0 Å². The van der Waals surface area contributed by atoms with Gasteiger partial charge < -0.3 is 14.7 Å². The molecule has 2 heterocycles. The molecule has 1 N–H and O–H groups in total. The molecule has 5 heteroatoms. The van der Waals surface area contributed by atoms with Crippen molar-refractivity contribution in [2.45, 2.75) is 77.4 Å². The molecule has 0 radical (unpaired) electrons. The van der Waals surface area contributed by atoms with Gasteiger partial charge in [-0.15, -0.1) is 0 Å². The van der Waals surface area contributed by atoms with Crippen LogP contribution in [0.5, 0.6) is 0 Å². The molecule has 0 aromatic carbocycles. The minimum absolute atomic E-state index is 0.134. The van der Waals surface area contributed by atoms with Crippen LogP contribution in [0.1, 0.15) is 70.6 Å². The van der Waals surface area contributed by atoms with E-state index in [4.69, 9.17) is 9.72 Å². The van der Waals surface area contributed by atoms with Gasteiger partial charge in [-0.2, -0.15) is 0 Å². The number of ether oxygens (including phenoxy) is 1. The summed E-state index contributed by atoms with van der Waals surface area (Å²) in [6.45, 7) is 11.4. The Labute approximate surface area is 198 Å². The molecular formula is C28H40N2O3. The van der Waals surface area contributed by atoms with E-state index in [1.165, 1.54) is 31.1 Å². The van der Waals surface area contributed by atoms with E-state index >= 15 is 0 Å². The minimum Gasteiger partial charge on any atom is -0.458 e. The van der Waals surface area contributed by atoms with Gasteiger partial charge in [0.15, 0.2) is 0 Å². The number of aromatic nitrogens is 1. The van der Waals surface area contributed by atoms with Crippen LogP contribution in [-0.4, -0.2) is 52.3 Å². The van der Waals surface area contributed by atoms with E-state index in [-0.39, 0.29) is 23.9 Å². The number of carbonyl (C=O) groups excluding carboxylic acids is 1. The second kappa shape index (κ2) is 8.81. The molecule has 4 aliphatic rings. The van der Waals surface area contributed by atoms with Crippen molar-refractivity contribution in [2.24, 2.45) is 29.6 Å². The molecule has 3 aliphatic carbocycles. The highest BCUT2D eigenvalue weighted by atomic mass is 16.5. The molecule has 5 nitrogen and oxygen atoms in total. The monoisotopic (exact) mass is 452 g/mol. The Morgan fingerprint density at radius 3 is 2.97 bits per heavy atom. The smallest absolute Gasteiger partial charge is 0.303 e. The van der Waals surface area contributed by atoms with E-state index < -0.39 is 5.60 Å². The molecule has 1 aromatic rings. The van der Waals surface area contributed by atoms with Crippen molar-refractivity contribution in [1.82, 2.24) is 9.88 Å².